The molecule has 4 rings (SSSR count). The van der Waals surface area contributed by atoms with E-state index in [1.54, 1.807) is 16.3 Å². The molecule has 2 aromatic carbocycles. The Morgan fingerprint density at radius 3 is 2.54 bits per heavy atom. The van der Waals surface area contributed by atoms with Crippen molar-refractivity contribution in [1.82, 2.24) is 9.55 Å². The van der Waals surface area contributed by atoms with Crippen LogP contribution in [0.2, 0.25) is 0 Å². The summed E-state index contributed by atoms with van der Waals surface area (Å²) in [7, 11) is 0. The van der Waals surface area contributed by atoms with Crippen molar-refractivity contribution in [2.45, 2.75) is 28.9 Å². The maximum absolute atomic E-state index is 13.2. The largest absolute Gasteiger partial charge is 0.280 e. The minimum Gasteiger partial charge on any atom is -0.280 e. The van der Waals surface area contributed by atoms with Crippen LogP contribution in [-0.2, 0) is 0 Å². The Balaban J connectivity index is 1.79. The van der Waals surface area contributed by atoms with Gasteiger partial charge < -0.3 is 0 Å². The lowest BCUT2D eigenvalue weighted by molar-refractivity contribution is 0.548. The lowest BCUT2D eigenvalue weighted by Crippen LogP contribution is -2.27. The van der Waals surface area contributed by atoms with Gasteiger partial charge in [0.05, 0.1) is 16.9 Å². The number of hydrogen-bond donors (Lipinski definition) is 0. The monoisotopic (exact) mass is 404 g/mol. The average molecular weight is 405 g/mol. The molecule has 1 heterocycles. The molecule has 0 amide bonds. The zero-order valence-electron chi connectivity index (χ0n) is 14.2. The number of para-hydroxylation sites is 1. The van der Waals surface area contributed by atoms with Gasteiger partial charge in [-0.05, 0) is 31.0 Å². The van der Waals surface area contributed by atoms with Gasteiger partial charge in [-0.25, -0.2) is 4.98 Å². The molecule has 1 fully saturated rings. The van der Waals surface area contributed by atoms with Gasteiger partial charge in [0.15, 0.2) is 5.16 Å². The number of thioether (sulfide) groups is 1. The normalized spacial score (nSPS) is 19.4. The highest BCUT2D eigenvalue weighted by Gasteiger charge is 2.51. The van der Waals surface area contributed by atoms with E-state index in [-0.39, 0.29) is 17.5 Å². The number of fused-ring (bicyclic) bond motifs is 1. The molecule has 0 unspecified atom stereocenters. The lowest BCUT2D eigenvalue weighted by atomic mass is 10.1. The van der Waals surface area contributed by atoms with Crippen LogP contribution in [0.25, 0.3) is 10.9 Å². The number of alkyl halides is 2. The Morgan fingerprint density at radius 2 is 1.85 bits per heavy atom. The molecule has 1 aliphatic carbocycles. The lowest BCUT2D eigenvalue weighted by Gasteiger charge is -2.20. The van der Waals surface area contributed by atoms with Crippen molar-refractivity contribution in [2.75, 3.05) is 5.75 Å². The number of nitrogens with zero attached hydrogens (tertiary/aromatic N) is 2. The van der Waals surface area contributed by atoms with Crippen molar-refractivity contribution in [2.24, 2.45) is 5.92 Å². The fourth-order valence-corrected chi connectivity index (χ4v) is 5.08. The number of hydrogen-bond acceptors (Lipinski definition) is 3. The third-order valence-electron chi connectivity index (χ3n) is 4.81. The molecule has 0 aliphatic heterocycles. The Bertz CT molecular complexity index is 1000. The highest BCUT2D eigenvalue weighted by molar-refractivity contribution is 7.99. The summed E-state index contributed by atoms with van der Waals surface area (Å²) in [5.74, 6) is 0.985. The molecule has 0 radical (unpaired) electrons. The molecule has 26 heavy (non-hydrogen) atoms. The third kappa shape index (κ3) is 3.38. The summed E-state index contributed by atoms with van der Waals surface area (Å²) in [5.41, 5.74) is 1.77. The first-order valence-electron chi connectivity index (χ1n) is 8.54. The van der Waals surface area contributed by atoms with E-state index in [1.807, 2.05) is 61.5 Å². The molecule has 0 bridgehead atoms. The van der Waals surface area contributed by atoms with Gasteiger partial charge in [0.25, 0.3) is 5.56 Å². The Hall–Kier alpha value is -1.49. The zero-order valence-corrected chi connectivity index (χ0v) is 16.6. The fourth-order valence-electron chi connectivity index (χ4n) is 3.08. The number of rotatable bonds is 5. The molecule has 134 valence electrons. The quantitative estimate of drug-likeness (QED) is 0.329. The molecule has 3 nitrogen and oxygen atoms in total. The van der Waals surface area contributed by atoms with Gasteiger partial charge in [-0.15, -0.1) is 23.2 Å². The Labute approximate surface area is 166 Å². The second-order valence-electron chi connectivity index (χ2n) is 6.65. The van der Waals surface area contributed by atoms with Gasteiger partial charge in [-0.3, -0.25) is 9.36 Å². The van der Waals surface area contributed by atoms with Crippen molar-refractivity contribution in [3.8, 4) is 0 Å². The van der Waals surface area contributed by atoms with Gasteiger partial charge in [0, 0.05) is 11.7 Å². The summed E-state index contributed by atoms with van der Waals surface area (Å²) >= 11 is 13.9. The van der Waals surface area contributed by atoms with Crippen LogP contribution in [0.1, 0.15) is 24.9 Å². The summed E-state index contributed by atoms with van der Waals surface area (Å²) in [6.07, 6.45) is 0.787. The molecule has 3 aromatic rings. The molecule has 0 saturated heterocycles. The summed E-state index contributed by atoms with van der Waals surface area (Å²) in [6.45, 7) is 2.03. The summed E-state index contributed by atoms with van der Waals surface area (Å²) in [4.78, 5) is 18.0. The third-order valence-corrected chi connectivity index (χ3v) is 6.86. The average Bonchev–Trinajstić information content (AvgIpc) is 3.27. The smallest absolute Gasteiger partial charge is 0.262 e. The summed E-state index contributed by atoms with van der Waals surface area (Å²) in [5, 5.41) is 1.34. The van der Waals surface area contributed by atoms with Crippen LogP contribution in [0.5, 0.6) is 0 Å². The standard InChI is InChI=1S/C20H18Cl2N2OS/c1-13(14-7-3-2-4-8-14)24-18(25)16-9-5-6-10-17(16)23-19(24)26-12-15-11-20(15,21)22/h2-10,13,15H,11-12H2,1H3/t13-,15-/m1/s1. The van der Waals surface area contributed by atoms with Crippen molar-refractivity contribution in [3.05, 3.63) is 70.5 Å². The molecule has 0 N–H and O–H groups in total. The van der Waals surface area contributed by atoms with Gasteiger partial charge in [0.2, 0.25) is 0 Å². The Kier molecular flexibility index (Phi) is 4.76. The van der Waals surface area contributed by atoms with Crippen LogP contribution < -0.4 is 5.56 Å². The van der Waals surface area contributed by atoms with E-state index in [1.165, 1.54) is 0 Å². The first-order valence-corrected chi connectivity index (χ1v) is 10.3. The highest BCUT2D eigenvalue weighted by atomic mass is 35.5. The molecular weight excluding hydrogens is 387 g/mol. The van der Waals surface area contributed by atoms with Crippen LogP contribution in [0.15, 0.2) is 64.5 Å². The van der Waals surface area contributed by atoms with Crippen molar-refractivity contribution in [1.29, 1.82) is 0 Å². The van der Waals surface area contributed by atoms with E-state index in [4.69, 9.17) is 28.2 Å². The van der Waals surface area contributed by atoms with Crippen LogP contribution in [0, 0.1) is 5.92 Å². The summed E-state index contributed by atoms with van der Waals surface area (Å²) < 4.78 is 1.16. The van der Waals surface area contributed by atoms with Crippen LogP contribution >= 0.6 is 35.0 Å². The Morgan fingerprint density at radius 1 is 1.19 bits per heavy atom. The molecule has 2 atom stereocenters. The molecule has 1 saturated carbocycles. The molecule has 0 spiro atoms. The number of halogens is 2. The van der Waals surface area contributed by atoms with Gasteiger partial charge in [-0.2, -0.15) is 0 Å². The van der Waals surface area contributed by atoms with Crippen molar-refractivity contribution in [3.63, 3.8) is 0 Å². The zero-order chi connectivity index (χ0) is 18.3. The molecule has 1 aliphatic rings. The minimum atomic E-state index is -0.625. The van der Waals surface area contributed by atoms with Crippen molar-refractivity contribution < 1.29 is 0 Å². The van der Waals surface area contributed by atoms with Crippen molar-refractivity contribution >= 4 is 45.9 Å². The van der Waals surface area contributed by atoms with E-state index in [2.05, 4.69) is 0 Å². The first-order chi connectivity index (χ1) is 12.5. The predicted octanol–water partition coefficient (Wildman–Crippen LogP) is 5.29. The minimum absolute atomic E-state index is 0.0201. The van der Waals surface area contributed by atoms with E-state index < -0.39 is 4.33 Å². The van der Waals surface area contributed by atoms with E-state index in [9.17, 15) is 4.79 Å². The van der Waals surface area contributed by atoms with E-state index >= 15 is 0 Å². The van der Waals surface area contributed by atoms with E-state index in [0.717, 1.165) is 23.3 Å². The summed E-state index contributed by atoms with van der Waals surface area (Å²) in [6, 6.07) is 17.4. The van der Waals surface area contributed by atoms with Gasteiger partial charge in [-0.1, -0.05) is 54.2 Å². The topological polar surface area (TPSA) is 34.9 Å². The first kappa shape index (κ1) is 17.9. The highest BCUT2D eigenvalue weighted by Crippen LogP contribution is 2.54. The molecular formula is C20H18Cl2N2OS. The van der Waals surface area contributed by atoms with Crippen LogP contribution in [-0.4, -0.2) is 19.6 Å². The second-order valence-corrected chi connectivity index (χ2v) is 9.18. The van der Waals surface area contributed by atoms with Crippen LogP contribution in [0.4, 0.5) is 0 Å². The predicted molar refractivity (Wildman–Crippen MR) is 110 cm³/mol. The van der Waals surface area contributed by atoms with Gasteiger partial charge in [0.1, 0.15) is 4.33 Å². The van der Waals surface area contributed by atoms with E-state index in [0.29, 0.717) is 10.5 Å². The number of aromatic nitrogens is 2. The maximum atomic E-state index is 13.2. The fraction of sp³-hybridized carbons (Fsp3) is 0.300. The number of benzene rings is 2. The maximum Gasteiger partial charge on any atom is 0.262 e. The second kappa shape index (κ2) is 6.91. The van der Waals surface area contributed by atoms with Gasteiger partial charge >= 0.3 is 0 Å². The molecule has 1 aromatic heterocycles. The van der Waals surface area contributed by atoms with Crippen LogP contribution in [0.3, 0.4) is 0 Å². The molecule has 6 heteroatoms. The SMILES string of the molecule is C[C@H](c1ccccc1)n1c(SC[C@H]2CC2(Cl)Cl)nc2ccccc2c1=O.